The Labute approximate surface area is 153 Å². The van der Waals surface area contributed by atoms with Crippen LogP contribution in [0.5, 0.6) is 0 Å². The van der Waals surface area contributed by atoms with Gasteiger partial charge in [0.2, 0.25) is 11.8 Å². The van der Waals surface area contributed by atoms with Crippen molar-refractivity contribution in [3.63, 3.8) is 0 Å². The maximum absolute atomic E-state index is 12.1. The van der Waals surface area contributed by atoms with E-state index in [4.69, 9.17) is 9.47 Å². The summed E-state index contributed by atoms with van der Waals surface area (Å²) in [5, 5.41) is 8.12. The highest BCUT2D eigenvalue weighted by molar-refractivity contribution is 9.09. The predicted molar refractivity (Wildman–Crippen MR) is 92.8 cm³/mol. The number of alkyl carbamates (subject to hydrolysis) is 1. The van der Waals surface area contributed by atoms with Gasteiger partial charge < -0.3 is 25.4 Å². The lowest BCUT2D eigenvalue weighted by Gasteiger charge is -2.36. The second-order valence-electron chi connectivity index (χ2n) is 5.40. The lowest BCUT2D eigenvalue weighted by Crippen LogP contribution is -2.71. The van der Waals surface area contributed by atoms with E-state index in [1.807, 2.05) is 30.3 Å². The largest absolute Gasteiger partial charge is 0.445 e. The summed E-state index contributed by atoms with van der Waals surface area (Å²) in [6.07, 6.45) is -1.28. The van der Waals surface area contributed by atoms with E-state index in [1.54, 1.807) is 0 Å². The Morgan fingerprint density at radius 2 is 2.04 bits per heavy atom. The zero-order chi connectivity index (χ0) is 18.2. The van der Waals surface area contributed by atoms with Crippen LogP contribution < -0.4 is 16.0 Å². The molecule has 0 saturated carbocycles. The minimum atomic E-state index is -0.853. The minimum Gasteiger partial charge on any atom is -0.445 e. The normalized spacial score (nSPS) is 20.0. The smallest absolute Gasteiger partial charge is 0.408 e. The zero-order valence-corrected chi connectivity index (χ0v) is 15.2. The molecule has 1 saturated heterocycles. The van der Waals surface area contributed by atoms with Crippen LogP contribution in [0.2, 0.25) is 0 Å². The molecule has 1 aliphatic rings. The van der Waals surface area contributed by atoms with Gasteiger partial charge in [-0.1, -0.05) is 46.3 Å². The average molecular weight is 414 g/mol. The van der Waals surface area contributed by atoms with Crippen molar-refractivity contribution in [3.05, 3.63) is 35.9 Å². The van der Waals surface area contributed by atoms with E-state index < -0.39 is 30.3 Å². The highest BCUT2D eigenvalue weighted by Crippen LogP contribution is 2.08. The molecule has 136 valence electrons. The molecule has 2 rings (SSSR count). The van der Waals surface area contributed by atoms with E-state index in [2.05, 4.69) is 31.9 Å². The molecule has 3 atom stereocenters. The first kappa shape index (κ1) is 19.2. The van der Waals surface area contributed by atoms with Gasteiger partial charge in [-0.05, 0) is 12.5 Å². The van der Waals surface area contributed by atoms with Gasteiger partial charge in [0, 0.05) is 5.33 Å². The van der Waals surface area contributed by atoms with Crippen molar-refractivity contribution in [2.24, 2.45) is 0 Å². The number of halogens is 1. The van der Waals surface area contributed by atoms with Gasteiger partial charge in [0.05, 0.1) is 6.61 Å². The summed E-state index contributed by atoms with van der Waals surface area (Å²) in [6.45, 7) is 2.01. The quantitative estimate of drug-likeness (QED) is 0.428. The second-order valence-corrected chi connectivity index (χ2v) is 6.20. The average Bonchev–Trinajstić information content (AvgIpc) is 2.61. The van der Waals surface area contributed by atoms with Crippen LogP contribution in [-0.2, 0) is 25.7 Å². The third-order valence-corrected chi connectivity index (χ3v) is 3.81. The Kier molecular flexibility index (Phi) is 7.20. The number of hydrogen-bond donors (Lipinski definition) is 3. The van der Waals surface area contributed by atoms with Gasteiger partial charge in [-0.25, -0.2) is 4.79 Å². The van der Waals surface area contributed by atoms with E-state index in [1.165, 1.54) is 6.92 Å². The summed E-state index contributed by atoms with van der Waals surface area (Å²) in [4.78, 5) is 35.4. The molecule has 1 heterocycles. The Morgan fingerprint density at radius 3 is 2.68 bits per heavy atom. The van der Waals surface area contributed by atoms with Gasteiger partial charge in [0.25, 0.3) is 0 Å². The van der Waals surface area contributed by atoms with Crippen LogP contribution in [0.3, 0.4) is 0 Å². The highest BCUT2D eigenvalue weighted by Gasteiger charge is 2.41. The molecule has 1 aromatic carbocycles. The first-order chi connectivity index (χ1) is 12.0. The van der Waals surface area contributed by atoms with Crippen molar-refractivity contribution in [2.75, 3.05) is 11.9 Å². The third kappa shape index (κ3) is 5.71. The molecule has 0 spiro atoms. The summed E-state index contributed by atoms with van der Waals surface area (Å²) in [5.74, 6) is -0.823. The van der Waals surface area contributed by atoms with E-state index in [0.29, 0.717) is 11.9 Å². The van der Waals surface area contributed by atoms with Crippen molar-refractivity contribution in [2.45, 2.75) is 31.8 Å². The van der Waals surface area contributed by atoms with Crippen LogP contribution >= 0.6 is 15.9 Å². The number of nitrogens with one attached hydrogen (secondary N) is 3. The standard InChI is InChI=1S/C16H20BrN3O5/c1-10(18-16(23)25-9-11-5-3-2-4-6-11)13(21)19-12-14(22)20-15(12)24-8-7-17/h2-6,10,12,15H,7-9H2,1H3,(H,18,23)(H,19,21)(H,20,22)/t10-,12+,15+/m0/s1. The number of hydrogen-bond acceptors (Lipinski definition) is 5. The fourth-order valence-corrected chi connectivity index (χ4v) is 2.28. The Hall–Kier alpha value is -2.13. The topological polar surface area (TPSA) is 106 Å². The number of ether oxygens (including phenoxy) is 2. The molecule has 0 aromatic heterocycles. The fraction of sp³-hybridized carbons (Fsp3) is 0.438. The predicted octanol–water partition coefficient (Wildman–Crippen LogP) is 0.654. The maximum atomic E-state index is 12.1. The zero-order valence-electron chi connectivity index (χ0n) is 13.7. The molecular formula is C16H20BrN3O5. The van der Waals surface area contributed by atoms with E-state index in [9.17, 15) is 14.4 Å². The number of rotatable bonds is 8. The highest BCUT2D eigenvalue weighted by atomic mass is 79.9. The number of β-lactam (4-membered cyclic amide) rings is 1. The van der Waals surface area contributed by atoms with Crippen molar-refractivity contribution in [1.82, 2.24) is 16.0 Å². The van der Waals surface area contributed by atoms with Crippen LogP contribution in [0.4, 0.5) is 4.79 Å². The molecule has 0 aliphatic carbocycles. The van der Waals surface area contributed by atoms with Gasteiger partial charge in [-0.15, -0.1) is 0 Å². The van der Waals surface area contributed by atoms with Crippen LogP contribution in [0, 0.1) is 0 Å². The number of amides is 3. The van der Waals surface area contributed by atoms with Gasteiger partial charge in [0.1, 0.15) is 12.6 Å². The summed E-state index contributed by atoms with van der Waals surface area (Å²) >= 11 is 3.21. The third-order valence-electron chi connectivity index (χ3n) is 3.48. The fourth-order valence-electron chi connectivity index (χ4n) is 2.09. The van der Waals surface area contributed by atoms with Crippen molar-refractivity contribution in [1.29, 1.82) is 0 Å². The minimum absolute atomic E-state index is 0.106. The SMILES string of the molecule is C[C@H](NC(=O)OCc1ccccc1)C(=O)N[C@@H]1C(=O)N[C@@H]1OCCBr. The maximum Gasteiger partial charge on any atom is 0.408 e. The molecule has 25 heavy (non-hydrogen) atoms. The lowest BCUT2D eigenvalue weighted by molar-refractivity contribution is -0.150. The number of alkyl halides is 1. The summed E-state index contributed by atoms with van der Waals surface area (Å²) < 4.78 is 10.4. The van der Waals surface area contributed by atoms with Crippen molar-refractivity contribution in [3.8, 4) is 0 Å². The van der Waals surface area contributed by atoms with Gasteiger partial charge >= 0.3 is 6.09 Å². The Balaban J connectivity index is 1.73. The molecule has 8 nitrogen and oxygen atoms in total. The molecule has 1 aromatic rings. The first-order valence-electron chi connectivity index (χ1n) is 7.77. The summed E-state index contributed by atoms with van der Waals surface area (Å²) in [5.41, 5.74) is 0.840. The molecule has 0 radical (unpaired) electrons. The number of carbonyl (C=O) groups excluding carboxylic acids is 3. The van der Waals surface area contributed by atoms with Crippen LogP contribution in [0.15, 0.2) is 30.3 Å². The molecule has 0 unspecified atom stereocenters. The molecule has 0 bridgehead atoms. The second kappa shape index (κ2) is 9.38. The van der Waals surface area contributed by atoms with E-state index >= 15 is 0 Å². The molecule has 1 fully saturated rings. The number of benzene rings is 1. The monoisotopic (exact) mass is 413 g/mol. The van der Waals surface area contributed by atoms with Gasteiger partial charge in [-0.2, -0.15) is 0 Å². The molecule has 9 heteroatoms. The molecule has 3 N–H and O–H groups in total. The first-order valence-corrected chi connectivity index (χ1v) is 8.89. The summed E-state index contributed by atoms with van der Waals surface area (Å²) in [7, 11) is 0. The van der Waals surface area contributed by atoms with E-state index in [-0.39, 0.29) is 12.5 Å². The van der Waals surface area contributed by atoms with Crippen molar-refractivity contribution < 1.29 is 23.9 Å². The summed E-state index contributed by atoms with van der Waals surface area (Å²) in [6, 6.07) is 7.57. The molecule has 1 aliphatic heterocycles. The van der Waals surface area contributed by atoms with Crippen LogP contribution in [0.25, 0.3) is 0 Å². The Morgan fingerprint density at radius 1 is 1.32 bits per heavy atom. The lowest BCUT2D eigenvalue weighted by atomic mass is 10.1. The van der Waals surface area contributed by atoms with Crippen LogP contribution in [-0.4, -0.2) is 48.2 Å². The van der Waals surface area contributed by atoms with E-state index in [0.717, 1.165) is 5.56 Å². The van der Waals surface area contributed by atoms with Crippen molar-refractivity contribution >= 4 is 33.8 Å². The molecule has 3 amide bonds. The molecular weight excluding hydrogens is 394 g/mol. The number of carbonyl (C=O) groups is 3. The Bertz CT molecular complexity index is 613. The van der Waals surface area contributed by atoms with Gasteiger partial charge in [-0.3, -0.25) is 9.59 Å². The van der Waals surface area contributed by atoms with Crippen LogP contribution in [0.1, 0.15) is 12.5 Å². The van der Waals surface area contributed by atoms with Gasteiger partial charge in [0.15, 0.2) is 12.3 Å².